The second-order valence-corrected chi connectivity index (χ2v) is 9.06. The fraction of sp³-hybridized carbons (Fsp3) is 0.138. The number of hydrogen-bond donors (Lipinski definition) is 3. The molecule has 0 aliphatic rings. The Bertz CT molecular complexity index is 1470. The van der Waals surface area contributed by atoms with E-state index in [0.717, 1.165) is 16.7 Å². The van der Waals surface area contributed by atoms with Gasteiger partial charge in [0.15, 0.2) is 0 Å². The predicted octanol–water partition coefficient (Wildman–Crippen LogP) is 5.86. The number of nitrogens with one attached hydrogen (secondary N) is 2. The SMILES string of the molecule is Cc1ccc([C@H](CC(=O)O)NC(=O)Nc2c(-c3ccccc3)ccn(Cc3ccccc3Cl)c2=O)cc1. The highest BCUT2D eigenvalue weighted by molar-refractivity contribution is 6.31. The van der Waals surface area contributed by atoms with Crippen molar-refractivity contribution in [3.63, 3.8) is 0 Å². The van der Waals surface area contributed by atoms with Gasteiger partial charge in [0.2, 0.25) is 0 Å². The van der Waals surface area contributed by atoms with Crippen LogP contribution in [-0.4, -0.2) is 21.7 Å². The van der Waals surface area contributed by atoms with Crippen LogP contribution in [0.5, 0.6) is 0 Å². The summed E-state index contributed by atoms with van der Waals surface area (Å²) < 4.78 is 1.47. The number of halogens is 1. The minimum absolute atomic E-state index is 0.0798. The van der Waals surface area contributed by atoms with Crippen LogP contribution in [0.3, 0.4) is 0 Å². The highest BCUT2D eigenvalue weighted by atomic mass is 35.5. The Morgan fingerprint density at radius 1 is 0.946 bits per heavy atom. The molecule has 3 N–H and O–H groups in total. The largest absolute Gasteiger partial charge is 0.481 e. The molecule has 4 rings (SSSR count). The fourth-order valence-corrected chi connectivity index (χ4v) is 4.22. The van der Waals surface area contributed by atoms with Gasteiger partial charge in [-0.1, -0.05) is 90.0 Å². The summed E-state index contributed by atoms with van der Waals surface area (Å²) in [6, 6.07) is 24.0. The fourth-order valence-electron chi connectivity index (χ4n) is 4.02. The lowest BCUT2D eigenvalue weighted by Crippen LogP contribution is -2.36. The molecule has 0 aliphatic carbocycles. The van der Waals surface area contributed by atoms with Crippen LogP contribution < -0.4 is 16.2 Å². The molecule has 0 fully saturated rings. The van der Waals surface area contributed by atoms with Gasteiger partial charge in [-0.05, 0) is 35.7 Å². The van der Waals surface area contributed by atoms with E-state index in [-0.39, 0.29) is 18.7 Å². The Labute approximate surface area is 219 Å². The summed E-state index contributed by atoms with van der Waals surface area (Å²) >= 11 is 6.30. The quantitative estimate of drug-likeness (QED) is 0.273. The van der Waals surface area contributed by atoms with E-state index >= 15 is 0 Å². The van der Waals surface area contributed by atoms with E-state index in [1.165, 1.54) is 4.57 Å². The third kappa shape index (κ3) is 6.45. The van der Waals surface area contributed by atoms with E-state index in [0.29, 0.717) is 16.1 Å². The summed E-state index contributed by atoms with van der Waals surface area (Å²) in [4.78, 5) is 38.2. The van der Waals surface area contributed by atoms with Crippen LogP contribution in [-0.2, 0) is 11.3 Å². The van der Waals surface area contributed by atoms with Crippen LogP contribution in [0, 0.1) is 6.92 Å². The Balaban J connectivity index is 1.68. The highest BCUT2D eigenvalue weighted by Gasteiger charge is 2.21. The molecule has 0 bridgehead atoms. The second kappa shape index (κ2) is 11.6. The zero-order valence-corrected chi connectivity index (χ0v) is 20.9. The molecule has 188 valence electrons. The minimum atomic E-state index is -1.06. The predicted molar refractivity (Wildman–Crippen MR) is 145 cm³/mol. The average Bonchev–Trinajstić information content (AvgIpc) is 2.88. The van der Waals surface area contributed by atoms with E-state index in [1.54, 1.807) is 30.5 Å². The standard InChI is InChI=1S/C29H26ClN3O4/c1-19-11-13-21(14-12-19)25(17-26(34)35)31-29(37)32-27-23(20-7-3-2-4-8-20)15-16-33(28(27)36)18-22-9-5-6-10-24(22)30/h2-16,25H,17-18H2,1H3,(H,34,35)(H2,31,32,37)/t25-/m0/s1. The lowest BCUT2D eigenvalue weighted by atomic mass is 10.0. The number of carbonyl (C=O) groups excluding carboxylic acids is 1. The number of anilines is 1. The lowest BCUT2D eigenvalue weighted by Gasteiger charge is -2.20. The van der Waals surface area contributed by atoms with E-state index < -0.39 is 23.6 Å². The summed E-state index contributed by atoms with van der Waals surface area (Å²) in [6.45, 7) is 2.14. The molecule has 3 aromatic carbocycles. The van der Waals surface area contributed by atoms with Crippen LogP contribution >= 0.6 is 11.6 Å². The molecule has 7 nitrogen and oxygen atoms in total. The van der Waals surface area contributed by atoms with Gasteiger partial charge in [-0.15, -0.1) is 0 Å². The summed E-state index contributed by atoms with van der Waals surface area (Å²) in [7, 11) is 0. The number of aliphatic carboxylic acids is 1. The first-order chi connectivity index (χ1) is 17.8. The molecule has 8 heteroatoms. The molecule has 0 unspecified atom stereocenters. The van der Waals surface area contributed by atoms with Gasteiger partial charge in [-0.2, -0.15) is 0 Å². The maximum absolute atomic E-state index is 13.6. The van der Waals surface area contributed by atoms with Crippen molar-refractivity contribution >= 4 is 29.3 Å². The van der Waals surface area contributed by atoms with Crippen LogP contribution in [0.25, 0.3) is 11.1 Å². The summed E-state index contributed by atoms with van der Waals surface area (Å²) in [5.41, 5.74) is 3.38. The van der Waals surface area contributed by atoms with Gasteiger partial charge in [0.25, 0.3) is 5.56 Å². The van der Waals surface area contributed by atoms with Crippen molar-refractivity contribution in [3.05, 3.63) is 123 Å². The summed E-state index contributed by atoms with van der Waals surface area (Å²) in [5, 5.41) is 15.3. The Morgan fingerprint density at radius 3 is 2.30 bits per heavy atom. The molecule has 0 radical (unpaired) electrons. The molecule has 1 aromatic heterocycles. The number of amides is 2. The Morgan fingerprint density at radius 2 is 1.62 bits per heavy atom. The average molecular weight is 516 g/mol. The lowest BCUT2D eigenvalue weighted by molar-refractivity contribution is -0.137. The molecule has 2 amide bonds. The van der Waals surface area contributed by atoms with Gasteiger partial charge in [-0.3, -0.25) is 9.59 Å². The highest BCUT2D eigenvalue weighted by Crippen LogP contribution is 2.26. The van der Waals surface area contributed by atoms with Crippen molar-refractivity contribution in [1.29, 1.82) is 0 Å². The zero-order valence-electron chi connectivity index (χ0n) is 20.1. The maximum atomic E-state index is 13.6. The van der Waals surface area contributed by atoms with Crippen LogP contribution in [0.4, 0.5) is 10.5 Å². The number of carboxylic acids is 1. The molecular formula is C29H26ClN3O4. The topological polar surface area (TPSA) is 100 Å². The van der Waals surface area contributed by atoms with E-state index in [1.807, 2.05) is 67.6 Å². The van der Waals surface area contributed by atoms with E-state index in [9.17, 15) is 19.5 Å². The van der Waals surface area contributed by atoms with Crippen molar-refractivity contribution in [2.45, 2.75) is 25.9 Å². The number of aromatic nitrogens is 1. The van der Waals surface area contributed by atoms with Gasteiger partial charge in [-0.25, -0.2) is 4.79 Å². The molecule has 1 heterocycles. The van der Waals surface area contributed by atoms with E-state index in [4.69, 9.17) is 11.6 Å². The number of aryl methyl sites for hydroxylation is 1. The minimum Gasteiger partial charge on any atom is -0.481 e. The van der Waals surface area contributed by atoms with Gasteiger partial charge in [0, 0.05) is 16.8 Å². The number of hydrogen-bond acceptors (Lipinski definition) is 3. The maximum Gasteiger partial charge on any atom is 0.319 e. The molecule has 0 spiro atoms. The van der Waals surface area contributed by atoms with Crippen LogP contribution in [0.2, 0.25) is 5.02 Å². The molecular weight excluding hydrogens is 490 g/mol. The Kier molecular flexibility index (Phi) is 8.05. The van der Waals surface area contributed by atoms with Crippen molar-refractivity contribution in [3.8, 4) is 11.1 Å². The number of carbonyl (C=O) groups is 2. The van der Waals surface area contributed by atoms with Gasteiger partial charge in [0.05, 0.1) is 19.0 Å². The third-order valence-corrected chi connectivity index (χ3v) is 6.32. The number of pyridine rings is 1. The van der Waals surface area contributed by atoms with Gasteiger partial charge >= 0.3 is 12.0 Å². The van der Waals surface area contributed by atoms with Gasteiger partial charge < -0.3 is 20.3 Å². The number of urea groups is 1. The van der Waals surface area contributed by atoms with Crippen molar-refractivity contribution < 1.29 is 14.7 Å². The molecule has 0 aliphatic heterocycles. The number of benzene rings is 3. The first-order valence-electron chi connectivity index (χ1n) is 11.7. The van der Waals surface area contributed by atoms with Crippen LogP contribution in [0.15, 0.2) is 95.9 Å². The number of rotatable bonds is 8. The number of carboxylic acid groups (broad SMARTS) is 1. The van der Waals surface area contributed by atoms with Gasteiger partial charge in [0.1, 0.15) is 5.69 Å². The smallest absolute Gasteiger partial charge is 0.319 e. The Hall–Kier alpha value is -4.36. The molecule has 4 aromatic rings. The second-order valence-electron chi connectivity index (χ2n) is 8.65. The summed E-state index contributed by atoms with van der Waals surface area (Å²) in [5.74, 6) is -1.06. The normalized spacial score (nSPS) is 11.5. The molecule has 0 saturated carbocycles. The molecule has 37 heavy (non-hydrogen) atoms. The first-order valence-corrected chi connectivity index (χ1v) is 12.1. The molecule has 1 atom stereocenters. The monoisotopic (exact) mass is 515 g/mol. The summed E-state index contributed by atoms with van der Waals surface area (Å²) in [6.07, 6.45) is 1.35. The third-order valence-electron chi connectivity index (χ3n) is 5.95. The van der Waals surface area contributed by atoms with Crippen molar-refractivity contribution in [2.75, 3.05) is 5.32 Å². The van der Waals surface area contributed by atoms with Crippen molar-refractivity contribution in [1.82, 2.24) is 9.88 Å². The first kappa shape index (κ1) is 25.7. The number of nitrogens with zero attached hydrogens (tertiary/aromatic N) is 1. The zero-order chi connectivity index (χ0) is 26.4. The molecule has 0 saturated heterocycles. The van der Waals surface area contributed by atoms with Crippen molar-refractivity contribution in [2.24, 2.45) is 0 Å². The van der Waals surface area contributed by atoms with E-state index in [2.05, 4.69) is 10.6 Å². The van der Waals surface area contributed by atoms with Crippen LogP contribution in [0.1, 0.15) is 29.2 Å².